The van der Waals surface area contributed by atoms with Crippen LogP contribution >= 0.6 is 0 Å². The quantitative estimate of drug-likeness (QED) is 0.907. The summed E-state index contributed by atoms with van der Waals surface area (Å²) >= 11 is 0. The highest BCUT2D eigenvalue weighted by Gasteiger charge is 2.21. The number of carboxylic acid groups (broad SMARTS) is 1. The van der Waals surface area contributed by atoms with Crippen LogP contribution in [0.3, 0.4) is 0 Å². The number of benzene rings is 1. The maximum absolute atomic E-state index is 11.9. The minimum absolute atomic E-state index is 0.0230. The molecule has 0 aromatic heterocycles. The van der Waals surface area contributed by atoms with E-state index >= 15 is 0 Å². The van der Waals surface area contributed by atoms with Crippen LogP contribution in [0.25, 0.3) is 0 Å². The van der Waals surface area contributed by atoms with Crippen molar-refractivity contribution in [1.29, 1.82) is 0 Å². The number of hydrogen-bond donors (Lipinski definition) is 1. The van der Waals surface area contributed by atoms with Crippen LogP contribution in [0.4, 0.5) is 0 Å². The lowest BCUT2D eigenvalue weighted by Crippen LogP contribution is -2.22. The molecule has 1 aromatic rings. The predicted octanol–water partition coefficient (Wildman–Crippen LogP) is 2.62. The van der Waals surface area contributed by atoms with E-state index in [1.165, 1.54) is 6.92 Å². The monoisotopic (exact) mass is 298 g/mol. The van der Waals surface area contributed by atoms with Crippen LogP contribution < -0.4 is 0 Å². The second kappa shape index (κ2) is 5.95. The van der Waals surface area contributed by atoms with Gasteiger partial charge in [-0.2, -0.15) is 0 Å². The molecule has 0 bridgehead atoms. The molecule has 1 unspecified atom stereocenters. The lowest BCUT2D eigenvalue weighted by atomic mass is 9.87. The summed E-state index contributed by atoms with van der Waals surface area (Å²) in [5.74, 6) is -2.41. The van der Waals surface area contributed by atoms with E-state index in [2.05, 4.69) is 20.8 Å². The molecule has 0 heterocycles. The van der Waals surface area contributed by atoms with Gasteiger partial charge in [-0.05, 0) is 16.5 Å². The number of carbonyl (C=O) groups is 1. The minimum atomic E-state index is -3.41. The summed E-state index contributed by atoms with van der Waals surface area (Å²) in [7, 11) is -3.41. The van der Waals surface area contributed by atoms with Crippen molar-refractivity contribution < 1.29 is 18.3 Å². The molecule has 1 N–H and O–H groups in total. The Hall–Kier alpha value is -1.36. The van der Waals surface area contributed by atoms with Crippen LogP contribution in [0.1, 0.15) is 38.8 Å². The second-order valence-electron chi connectivity index (χ2n) is 6.24. The lowest BCUT2D eigenvalue weighted by Gasteiger charge is -2.19. The van der Waals surface area contributed by atoms with Gasteiger partial charge in [0.2, 0.25) is 0 Å². The summed E-state index contributed by atoms with van der Waals surface area (Å²) in [4.78, 5) is 10.7. The molecule has 20 heavy (non-hydrogen) atoms. The highest BCUT2D eigenvalue weighted by molar-refractivity contribution is 7.90. The van der Waals surface area contributed by atoms with Crippen molar-refractivity contribution in [2.75, 3.05) is 5.75 Å². The Morgan fingerprint density at radius 3 is 2.10 bits per heavy atom. The fourth-order valence-electron chi connectivity index (χ4n) is 1.87. The summed E-state index contributed by atoms with van der Waals surface area (Å²) in [6.45, 7) is 7.68. The van der Waals surface area contributed by atoms with E-state index < -0.39 is 21.7 Å². The molecule has 0 saturated carbocycles. The van der Waals surface area contributed by atoms with Gasteiger partial charge in [-0.25, -0.2) is 8.42 Å². The summed E-state index contributed by atoms with van der Waals surface area (Å²) in [5, 5.41) is 8.77. The highest BCUT2D eigenvalue weighted by atomic mass is 32.2. The fourth-order valence-corrected chi connectivity index (χ4v) is 3.59. The SMILES string of the molecule is CC(CS(=O)(=O)Cc1ccc(C(C)(C)C)cc1)C(=O)O. The van der Waals surface area contributed by atoms with Gasteiger partial charge < -0.3 is 5.11 Å². The number of carboxylic acids is 1. The zero-order valence-electron chi connectivity index (χ0n) is 12.4. The standard InChI is InChI=1S/C15H22O4S/c1-11(14(16)17)9-20(18,19)10-12-5-7-13(8-6-12)15(2,3)4/h5-8,11H,9-10H2,1-4H3,(H,16,17). The third kappa shape index (κ3) is 4.96. The first-order chi connectivity index (χ1) is 9.01. The number of aliphatic carboxylic acids is 1. The van der Waals surface area contributed by atoms with E-state index in [1.54, 1.807) is 12.1 Å². The van der Waals surface area contributed by atoms with Gasteiger partial charge in [0.1, 0.15) is 0 Å². The van der Waals surface area contributed by atoms with Crippen LogP contribution in [0.15, 0.2) is 24.3 Å². The van der Waals surface area contributed by atoms with Gasteiger partial charge >= 0.3 is 5.97 Å². The zero-order chi connectivity index (χ0) is 15.6. The van der Waals surface area contributed by atoms with E-state index in [4.69, 9.17) is 5.11 Å². The molecule has 1 aromatic carbocycles. The Bertz CT molecular complexity index is 565. The molecule has 0 saturated heterocycles. The van der Waals surface area contributed by atoms with Crippen molar-refractivity contribution in [2.45, 2.75) is 38.9 Å². The van der Waals surface area contributed by atoms with Crippen molar-refractivity contribution in [3.05, 3.63) is 35.4 Å². The number of rotatable bonds is 5. The summed E-state index contributed by atoms with van der Waals surface area (Å²) in [6, 6.07) is 7.43. The van der Waals surface area contributed by atoms with Crippen molar-refractivity contribution in [2.24, 2.45) is 5.92 Å². The average Bonchev–Trinajstić information content (AvgIpc) is 2.26. The van der Waals surface area contributed by atoms with Gasteiger partial charge in [0.05, 0.1) is 17.4 Å². The van der Waals surface area contributed by atoms with Gasteiger partial charge in [-0.1, -0.05) is 52.0 Å². The Morgan fingerprint density at radius 1 is 1.20 bits per heavy atom. The van der Waals surface area contributed by atoms with Crippen molar-refractivity contribution in [1.82, 2.24) is 0 Å². The smallest absolute Gasteiger partial charge is 0.307 e. The van der Waals surface area contributed by atoms with Crippen LogP contribution in [-0.4, -0.2) is 25.2 Å². The van der Waals surface area contributed by atoms with Gasteiger partial charge in [-0.15, -0.1) is 0 Å². The molecule has 0 aliphatic rings. The normalized spacial score (nSPS) is 14.0. The second-order valence-corrected chi connectivity index (χ2v) is 8.35. The molecular formula is C15H22O4S. The topological polar surface area (TPSA) is 71.4 Å². The molecule has 0 amide bonds. The van der Waals surface area contributed by atoms with Crippen LogP contribution in [0, 0.1) is 5.92 Å². The summed E-state index contributed by atoms with van der Waals surface area (Å²) in [5.41, 5.74) is 1.85. The maximum Gasteiger partial charge on any atom is 0.307 e. The van der Waals surface area contributed by atoms with E-state index in [1.807, 2.05) is 12.1 Å². The molecule has 0 fully saturated rings. The van der Waals surface area contributed by atoms with Gasteiger partial charge in [0.25, 0.3) is 0 Å². The first-order valence-corrected chi connectivity index (χ1v) is 8.36. The molecule has 5 heteroatoms. The van der Waals surface area contributed by atoms with Gasteiger partial charge in [0.15, 0.2) is 9.84 Å². The third-order valence-corrected chi connectivity index (χ3v) is 4.91. The third-order valence-electron chi connectivity index (χ3n) is 3.13. The Labute approximate surface area is 120 Å². The lowest BCUT2D eigenvalue weighted by molar-refractivity contribution is -0.140. The molecule has 0 aliphatic heterocycles. The van der Waals surface area contributed by atoms with Crippen molar-refractivity contribution in [3.63, 3.8) is 0 Å². The molecule has 4 nitrogen and oxygen atoms in total. The average molecular weight is 298 g/mol. The largest absolute Gasteiger partial charge is 0.481 e. The molecule has 0 aliphatic carbocycles. The van der Waals surface area contributed by atoms with Crippen molar-refractivity contribution >= 4 is 15.8 Å². The van der Waals surface area contributed by atoms with Crippen LogP contribution in [0.2, 0.25) is 0 Å². The summed E-state index contributed by atoms with van der Waals surface area (Å²) < 4.78 is 23.9. The Morgan fingerprint density at radius 2 is 1.70 bits per heavy atom. The molecule has 0 radical (unpaired) electrons. The van der Waals surface area contributed by atoms with E-state index in [-0.39, 0.29) is 16.9 Å². The molecule has 0 spiro atoms. The molecule has 1 atom stereocenters. The van der Waals surface area contributed by atoms with Gasteiger partial charge in [-0.3, -0.25) is 4.79 Å². The van der Waals surface area contributed by atoms with Crippen LogP contribution in [-0.2, 0) is 25.8 Å². The molecule has 1 rings (SSSR count). The predicted molar refractivity (Wildman–Crippen MR) is 79.4 cm³/mol. The molecule has 112 valence electrons. The fraction of sp³-hybridized carbons (Fsp3) is 0.533. The highest BCUT2D eigenvalue weighted by Crippen LogP contribution is 2.22. The van der Waals surface area contributed by atoms with Gasteiger partial charge in [0, 0.05) is 0 Å². The Kier molecular flexibility index (Phi) is 4.97. The number of hydrogen-bond acceptors (Lipinski definition) is 3. The first kappa shape index (κ1) is 16.7. The number of sulfone groups is 1. The first-order valence-electron chi connectivity index (χ1n) is 6.54. The van der Waals surface area contributed by atoms with E-state index in [0.29, 0.717) is 5.56 Å². The molecular weight excluding hydrogens is 276 g/mol. The van der Waals surface area contributed by atoms with Crippen LogP contribution in [0.5, 0.6) is 0 Å². The van der Waals surface area contributed by atoms with Crippen molar-refractivity contribution in [3.8, 4) is 0 Å². The zero-order valence-corrected chi connectivity index (χ0v) is 13.2. The van der Waals surface area contributed by atoms with E-state index in [0.717, 1.165) is 5.56 Å². The Balaban J connectivity index is 2.81. The minimum Gasteiger partial charge on any atom is -0.481 e. The summed E-state index contributed by atoms with van der Waals surface area (Å²) in [6.07, 6.45) is 0. The maximum atomic E-state index is 11.9. The van der Waals surface area contributed by atoms with E-state index in [9.17, 15) is 13.2 Å².